The lowest BCUT2D eigenvalue weighted by Gasteiger charge is -2.07. The van der Waals surface area contributed by atoms with Crippen molar-refractivity contribution in [3.63, 3.8) is 0 Å². The Hall–Kier alpha value is -1.11. The van der Waals surface area contributed by atoms with Gasteiger partial charge in [0.05, 0.1) is 6.61 Å². The van der Waals surface area contributed by atoms with Gasteiger partial charge in [-0.15, -0.1) is 0 Å². The zero-order valence-electron chi connectivity index (χ0n) is 16.5. The molecule has 1 aromatic carbocycles. The van der Waals surface area contributed by atoms with Crippen molar-refractivity contribution in [3.05, 3.63) is 33.4 Å². The van der Waals surface area contributed by atoms with E-state index in [0.29, 0.717) is 26.1 Å². The zero-order chi connectivity index (χ0) is 19.7. The SMILES string of the molecule is CCCCCOC(=O)CCCCCCCCC(=O)OCc1ccccc1I. The standard InChI is InChI=1S/C22H33IO4/c1-2-3-12-17-26-21(24)15-8-6-4-5-7-9-16-22(25)27-18-19-13-10-11-14-20(19)23/h10-11,13-14H,2-9,12,15-18H2,1H3. The van der Waals surface area contributed by atoms with Crippen LogP contribution in [0.25, 0.3) is 0 Å². The molecule has 0 heterocycles. The number of carbonyl (C=O) groups excluding carboxylic acids is 2. The fourth-order valence-corrected chi connectivity index (χ4v) is 3.24. The van der Waals surface area contributed by atoms with Gasteiger partial charge in [-0.25, -0.2) is 0 Å². The molecule has 5 heteroatoms. The third kappa shape index (κ3) is 12.8. The second-order valence-corrected chi connectivity index (χ2v) is 7.96. The van der Waals surface area contributed by atoms with E-state index in [4.69, 9.17) is 9.47 Å². The third-order valence-electron chi connectivity index (χ3n) is 4.37. The quantitative estimate of drug-likeness (QED) is 0.168. The highest BCUT2D eigenvalue weighted by atomic mass is 127. The fourth-order valence-electron chi connectivity index (χ4n) is 2.70. The smallest absolute Gasteiger partial charge is 0.306 e. The largest absolute Gasteiger partial charge is 0.466 e. The van der Waals surface area contributed by atoms with Crippen LogP contribution in [-0.2, 0) is 25.7 Å². The summed E-state index contributed by atoms with van der Waals surface area (Å²) in [5.74, 6) is -0.192. The van der Waals surface area contributed by atoms with E-state index in [1.165, 1.54) is 0 Å². The third-order valence-corrected chi connectivity index (χ3v) is 5.42. The molecule has 0 N–H and O–H groups in total. The molecule has 0 saturated carbocycles. The normalized spacial score (nSPS) is 10.6. The minimum absolute atomic E-state index is 0.0677. The van der Waals surface area contributed by atoms with Crippen molar-refractivity contribution in [1.29, 1.82) is 0 Å². The number of halogens is 1. The van der Waals surface area contributed by atoms with E-state index in [2.05, 4.69) is 29.5 Å². The first-order chi connectivity index (χ1) is 13.1. The number of hydrogen-bond acceptors (Lipinski definition) is 4. The van der Waals surface area contributed by atoms with Crippen molar-refractivity contribution in [1.82, 2.24) is 0 Å². The predicted molar refractivity (Wildman–Crippen MR) is 116 cm³/mol. The maximum absolute atomic E-state index is 11.8. The van der Waals surface area contributed by atoms with Crippen LogP contribution in [0, 0.1) is 3.57 Å². The Labute approximate surface area is 177 Å². The Bertz CT molecular complexity index is 545. The van der Waals surface area contributed by atoms with Crippen LogP contribution in [-0.4, -0.2) is 18.5 Å². The lowest BCUT2D eigenvalue weighted by Crippen LogP contribution is -2.05. The molecule has 0 aromatic heterocycles. The molecule has 0 bridgehead atoms. The number of ether oxygens (including phenoxy) is 2. The fraction of sp³-hybridized carbons (Fsp3) is 0.636. The van der Waals surface area contributed by atoms with Crippen LogP contribution in [0.15, 0.2) is 24.3 Å². The monoisotopic (exact) mass is 488 g/mol. The molecule has 0 amide bonds. The van der Waals surface area contributed by atoms with Crippen molar-refractivity contribution in [2.45, 2.75) is 84.2 Å². The van der Waals surface area contributed by atoms with Crippen LogP contribution >= 0.6 is 22.6 Å². The molecule has 1 aromatic rings. The number of rotatable bonds is 15. The number of hydrogen-bond donors (Lipinski definition) is 0. The summed E-state index contributed by atoms with van der Waals surface area (Å²) >= 11 is 2.25. The first-order valence-corrected chi connectivity index (χ1v) is 11.3. The average Bonchev–Trinajstić information content (AvgIpc) is 2.66. The van der Waals surface area contributed by atoms with Gasteiger partial charge in [0, 0.05) is 22.0 Å². The highest BCUT2D eigenvalue weighted by Crippen LogP contribution is 2.14. The second-order valence-electron chi connectivity index (χ2n) is 6.80. The highest BCUT2D eigenvalue weighted by molar-refractivity contribution is 14.1. The topological polar surface area (TPSA) is 52.6 Å². The van der Waals surface area contributed by atoms with E-state index in [-0.39, 0.29) is 11.9 Å². The Morgan fingerprint density at radius 3 is 2.04 bits per heavy atom. The zero-order valence-corrected chi connectivity index (χ0v) is 18.7. The van der Waals surface area contributed by atoms with E-state index < -0.39 is 0 Å². The van der Waals surface area contributed by atoms with Crippen LogP contribution in [0.3, 0.4) is 0 Å². The summed E-state index contributed by atoms with van der Waals surface area (Å²) in [4.78, 5) is 23.3. The molecule has 4 nitrogen and oxygen atoms in total. The summed E-state index contributed by atoms with van der Waals surface area (Å²) in [5, 5.41) is 0. The molecule has 152 valence electrons. The van der Waals surface area contributed by atoms with Gasteiger partial charge in [-0.1, -0.05) is 63.6 Å². The summed E-state index contributed by atoms with van der Waals surface area (Å²) in [6.45, 7) is 3.05. The van der Waals surface area contributed by atoms with Crippen molar-refractivity contribution < 1.29 is 19.1 Å². The second kappa shape index (κ2) is 15.9. The Balaban J connectivity index is 1.91. The Morgan fingerprint density at radius 1 is 0.815 bits per heavy atom. The van der Waals surface area contributed by atoms with Crippen LogP contribution < -0.4 is 0 Å². The van der Waals surface area contributed by atoms with Crippen molar-refractivity contribution >= 4 is 34.5 Å². The van der Waals surface area contributed by atoms with Crippen LogP contribution in [0.2, 0.25) is 0 Å². The van der Waals surface area contributed by atoms with E-state index in [9.17, 15) is 9.59 Å². The molecule has 0 radical (unpaired) electrons. The number of carbonyl (C=O) groups is 2. The van der Waals surface area contributed by atoms with Gasteiger partial charge in [-0.05, 0) is 47.9 Å². The van der Waals surface area contributed by atoms with E-state index in [0.717, 1.165) is 66.9 Å². The number of esters is 2. The first-order valence-electron chi connectivity index (χ1n) is 10.2. The first kappa shape index (κ1) is 23.9. The maximum atomic E-state index is 11.8. The summed E-state index contributed by atoms with van der Waals surface area (Å²) in [7, 11) is 0. The lowest BCUT2D eigenvalue weighted by atomic mass is 10.1. The molecule has 0 aliphatic rings. The van der Waals surface area contributed by atoms with Crippen molar-refractivity contribution in [2.24, 2.45) is 0 Å². The number of benzene rings is 1. The molecule has 27 heavy (non-hydrogen) atoms. The van der Waals surface area contributed by atoms with Gasteiger partial charge < -0.3 is 9.47 Å². The van der Waals surface area contributed by atoms with Gasteiger partial charge >= 0.3 is 11.9 Å². The lowest BCUT2D eigenvalue weighted by molar-refractivity contribution is -0.145. The van der Waals surface area contributed by atoms with Gasteiger partial charge in [0.1, 0.15) is 6.61 Å². The van der Waals surface area contributed by atoms with Crippen LogP contribution in [0.5, 0.6) is 0 Å². The van der Waals surface area contributed by atoms with Gasteiger partial charge in [0.15, 0.2) is 0 Å². The minimum atomic E-state index is -0.125. The summed E-state index contributed by atoms with van der Waals surface area (Å²) in [6.07, 6.45) is 10.2. The van der Waals surface area contributed by atoms with Gasteiger partial charge in [-0.3, -0.25) is 9.59 Å². The van der Waals surface area contributed by atoms with Gasteiger partial charge in [-0.2, -0.15) is 0 Å². The molecule has 0 spiro atoms. The highest BCUT2D eigenvalue weighted by Gasteiger charge is 2.06. The predicted octanol–water partition coefficient (Wildman–Crippen LogP) is 6.19. The average molecular weight is 488 g/mol. The molecule has 1 rings (SSSR count). The van der Waals surface area contributed by atoms with Crippen molar-refractivity contribution in [3.8, 4) is 0 Å². The maximum Gasteiger partial charge on any atom is 0.306 e. The molecule has 0 fully saturated rings. The molecular weight excluding hydrogens is 455 g/mol. The molecule has 0 aliphatic heterocycles. The van der Waals surface area contributed by atoms with E-state index in [1.807, 2.05) is 24.3 Å². The van der Waals surface area contributed by atoms with Crippen LogP contribution in [0.1, 0.15) is 83.1 Å². The molecule has 0 aliphatic carbocycles. The Kier molecular flexibility index (Phi) is 14.1. The minimum Gasteiger partial charge on any atom is -0.466 e. The molecular formula is C22H33IO4. The summed E-state index contributed by atoms with van der Waals surface area (Å²) < 4.78 is 11.6. The van der Waals surface area contributed by atoms with E-state index in [1.54, 1.807) is 0 Å². The van der Waals surface area contributed by atoms with E-state index >= 15 is 0 Å². The van der Waals surface area contributed by atoms with Crippen LogP contribution in [0.4, 0.5) is 0 Å². The van der Waals surface area contributed by atoms with Crippen molar-refractivity contribution in [2.75, 3.05) is 6.61 Å². The summed E-state index contributed by atoms with van der Waals surface area (Å²) in [5.41, 5.74) is 1.05. The Morgan fingerprint density at radius 2 is 1.41 bits per heavy atom. The molecule has 0 saturated heterocycles. The van der Waals surface area contributed by atoms with Gasteiger partial charge in [0.2, 0.25) is 0 Å². The molecule has 0 atom stereocenters. The molecule has 0 unspecified atom stereocenters. The summed E-state index contributed by atoms with van der Waals surface area (Å²) in [6, 6.07) is 7.92. The number of unbranched alkanes of at least 4 members (excludes halogenated alkanes) is 7. The van der Waals surface area contributed by atoms with Gasteiger partial charge in [0.25, 0.3) is 0 Å².